The highest BCUT2D eigenvalue weighted by Crippen LogP contribution is 2.32. The molecule has 0 aromatic heterocycles. The first kappa shape index (κ1) is 21.9. The minimum atomic E-state index is -3.67. The fourth-order valence-corrected chi connectivity index (χ4v) is 5.29. The molecule has 0 unspecified atom stereocenters. The highest BCUT2D eigenvalue weighted by Gasteiger charge is 2.28. The van der Waals surface area contributed by atoms with Gasteiger partial charge in [0.25, 0.3) is 15.9 Å². The molecule has 0 saturated carbocycles. The van der Waals surface area contributed by atoms with Crippen LogP contribution in [0, 0.1) is 0 Å². The van der Waals surface area contributed by atoms with E-state index >= 15 is 0 Å². The van der Waals surface area contributed by atoms with Gasteiger partial charge in [-0.1, -0.05) is 37.3 Å². The van der Waals surface area contributed by atoms with E-state index in [2.05, 4.69) is 12.2 Å². The lowest BCUT2D eigenvalue weighted by Crippen LogP contribution is -2.35. The molecule has 1 N–H and O–H groups in total. The van der Waals surface area contributed by atoms with E-state index in [1.807, 2.05) is 48.5 Å². The molecule has 0 fully saturated rings. The molecule has 0 bridgehead atoms. The minimum Gasteiger partial charge on any atom is -0.484 e. The molecular formula is C25H26N2O4S. The number of amides is 1. The molecule has 1 heterocycles. The number of anilines is 2. The van der Waals surface area contributed by atoms with Gasteiger partial charge in [-0.05, 0) is 72.9 Å². The van der Waals surface area contributed by atoms with Crippen LogP contribution in [0.5, 0.6) is 5.75 Å². The molecule has 1 amide bonds. The second kappa shape index (κ2) is 9.44. The third kappa shape index (κ3) is 4.78. The molecular weight excluding hydrogens is 424 g/mol. The summed E-state index contributed by atoms with van der Waals surface area (Å²) in [5.74, 6) is 0.148. The van der Waals surface area contributed by atoms with Gasteiger partial charge in [-0.25, -0.2) is 8.42 Å². The lowest BCUT2D eigenvalue weighted by atomic mass is 10.0. The van der Waals surface area contributed by atoms with E-state index in [1.54, 1.807) is 12.1 Å². The number of nitrogens with one attached hydrogen (secondary N) is 1. The Morgan fingerprint density at radius 3 is 2.44 bits per heavy atom. The second-order valence-corrected chi connectivity index (χ2v) is 9.53. The number of hydrogen-bond donors (Lipinski definition) is 1. The molecule has 0 saturated heterocycles. The average molecular weight is 451 g/mol. The molecule has 0 aliphatic carbocycles. The van der Waals surface area contributed by atoms with Gasteiger partial charge in [0.05, 0.1) is 10.6 Å². The molecule has 0 spiro atoms. The lowest BCUT2D eigenvalue weighted by molar-refractivity contribution is -0.118. The van der Waals surface area contributed by atoms with E-state index in [-0.39, 0.29) is 17.4 Å². The highest BCUT2D eigenvalue weighted by molar-refractivity contribution is 7.92. The van der Waals surface area contributed by atoms with Crippen molar-refractivity contribution in [3.05, 3.63) is 83.9 Å². The number of carbonyl (C=O) groups is 1. The Bertz CT molecular complexity index is 1190. The Morgan fingerprint density at radius 2 is 1.72 bits per heavy atom. The zero-order chi connectivity index (χ0) is 22.6. The molecule has 3 aromatic carbocycles. The molecule has 1 aliphatic rings. The predicted octanol–water partition coefficient (Wildman–Crippen LogP) is 4.41. The summed E-state index contributed by atoms with van der Waals surface area (Å²) < 4.78 is 33.4. The van der Waals surface area contributed by atoms with Crippen LogP contribution in [0.3, 0.4) is 0 Å². The van der Waals surface area contributed by atoms with E-state index in [9.17, 15) is 13.2 Å². The third-order valence-corrected chi connectivity index (χ3v) is 7.32. The van der Waals surface area contributed by atoms with Gasteiger partial charge >= 0.3 is 0 Å². The highest BCUT2D eigenvalue weighted by atomic mass is 32.2. The molecule has 166 valence electrons. The van der Waals surface area contributed by atoms with Gasteiger partial charge in [-0.2, -0.15) is 0 Å². The fourth-order valence-electron chi connectivity index (χ4n) is 3.75. The number of benzene rings is 3. The summed E-state index contributed by atoms with van der Waals surface area (Å²) in [4.78, 5) is 12.3. The van der Waals surface area contributed by atoms with Gasteiger partial charge in [0.15, 0.2) is 6.61 Å². The largest absolute Gasteiger partial charge is 0.484 e. The molecule has 3 aromatic rings. The lowest BCUT2D eigenvalue weighted by Gasteiger charge is -2.30. The molecule has 0 radical (unpaired) electrons. The number of carbonyl (C=O) groups excluding carboxylic acids is 1. The van der Waals surface area contributed by atoms with Crippen LogP contribution in [-0.4, -0.2) is 27.5 Å². The van der Waals surface area contributed by atoms with Crippen LogP contribution in [-0.2, 0) is 27.7 Å². The quantitative estimate of drug-likeness (QED) is 0.579. The van der Waals surface area contributed by atoms with E-state index < -0.39 is 10.0 Å². The summed E-state index contributed by atoms with van der Waals surface area (Å²) in [7, 11) is -3.67. The summed E-state index contributed by atoms with van der Waals surface area (Å²) in [6.45, 7) is 2.36. The van der Waals surface area contributed by atoms with Crippen molar-refractivity contribution in [3.8, 4) is 5.75 Å². The monoisotopic (exact) mass is 450 g/mol. The zero-order valence-electron chi connectivity index (χ0n) is 18.0. The SMILES string of the molecule is CCc1ccc(NC(=O)COc2ccc(S(=O)(=O)N3CCCc4ccccc43)cc2)cc1. The van der Waals surface area contributed by atoms with Gasteiger partial charge in [-0.15, -0.1) is 0 Å². The summed E-state index contributed by atoms with van der Waals surface area (Å²) in [5, 5.41) is 2.79. The van der Waals surface area contributed by atoms with E-state index in [1.165, 1.54) is 22.0 Å². The van der Waals surface area contributed by atoms with Gasteiger partial charge < -0.3 is 10.1 Å². The number of sulfonamides is 1. The number of aryl methyl sites for hydroxylation is 2. The summed E-state index contributed by atoms with van der Waals surface area (Å²) in [6, 6.07) is 21.4. The third-order valence-electron chi connectivity index (χ3n) is 5.50. The van der Waals surface area contributed by atoms with Crippen LogP contribution >= 0.6 is 0 Å². The van der Waals surface area contributed by atoms with Crippen molar-refractivity contribution in [1.29, 1.82) is 0 Å². The van der Waals surface area contributed by atoms with Gasteiger partial charge in [0.2, 0.25) is 0 Å². The van der Waals surface area contributed by atoms with Crippen molar-refractivity contribution < 1.29 is 17.9 Å². The van der Waals surface area contributed by atoms with Crippen molar-refractivity contribution in [2.75, 3.05) is 22.8 Å². The maximum Gasteiger partial charge on any atom is 0.264 e. The van der Waals surface area contributed by atoms with Crippen LogP contribution in [0.2, 0.25) is 0 Å². The first-order valence-electron chi connectivity index (χ1n) is 10.7. The maximum atomic E-state index is 13.2. The number of ether oxygens (including phenoxy) is 1. The Hall–Kier alpha value is -3.32. The van der Waals surface area contributed by atoms with Gasteiger partial charge in [0.1, 0.15) is 5.75 Å². The zero-order valence-corrected chi connectivity index (χ0v) is 18.8. The molecule has 4 rings (SSSR count). The number of rotatable bonds is 7. The molecule has 6 nitrogen and oxygen atoms in total. The van der Waals surface area contributed by atoms with Crippen LogP contribution < -0.4 is 14.4 Å². The van der Waals surface area contributed by atoms with Crippen molar-refractivity contribution in [2.24, 2.45) is 0 Å². The standard InChI is InChI=1S/C25H26N2O4S/c1-2-19-9-11-21(12-10-19)26-25(28)18-31-22-13-15-23(16-14-22)32(29,30)27-17-5-7-20-6-3-4-8-24(20)27/h3-4,6,8-16H,2,5,7,17-18H2,1H3,(H,26,28). The number of hydrogen-bond acceptors (Lipinski definition) is 4. The smallest absolute Gasteiger partial charge is 0.264 e. The number of fused-ring (bicyclic) bond motifs is 1. The van der Waals surface area contributed by atoms with Gasteiger partial charge in [0, 0.05) is 12.2 Å². The maximum absolute atomic E-state index is 13.2. The Labute approximate surface area is 188 Å². The Morgan fingerprint density at radius 1 is 1.00 bits per heavy atom. The second-order valence-electron chi connectivity index (χ2n) is 7.67. The number of para-hydroxylation sites is 1. The molecule has 7 heteroatoms. The minimum absolute atomic E-state index is 0.166. The van der Waals surface area contributed by atoms with E-state index in [0.29, 0.717) is 18.0 Å². The van der Waals surface area contributed by atoms with Crippen LogP contribution in [0.15, 0.2) is 77.7 Å². The summed E-state index contributed by atoms with van der Waals surface area (Å²) in [6.07, 6.45) is 2.60. The van der Waals surface area contributed by atoms with Crippen LogP contribution in [0.1, 0.15) is 24.5 Å². The van der Waals surface area contributed by atoms with E-state index in [4.69, 9.17) is 4.74 Å². The summed E-state index contributed by atoms with van der Waals surface area (Å²) in [5.41, 5.74) is 3.68. The Balaban J connectivity index is 1.39. The average Bonchev–Trinajstić information content (AvgIpc) is 2.83. The number of nitrogens with zero attached hydrogens (tertiary/aromatic N) is 1. The van der Waals surface area contributed by atoms with Gasteiger partial charge in [-0.3, -0.25) is 9.10 Å². The van der Waals surface area contributed by atoms with Crippen LogP contribution in [0.4, 0.5) is 11.4 Å². The Kier molecular flexibility index (Phi) is 6.46. The van der Waals surface area contributed by atoms with Crippen molar-refractivity contribution in [3.63, 3.8) is 0 Å². The normalized spacial score (nSPS) is 13.3. The molecule has 0 atom stereocenters. The molecule has 1 aliphatic heterocycles. The fraction of sp³-hybridized carbons (Fsp3) is 0.240. The predicted molar refractivity (Wildman–Crippen MR) is 126 cm³/mol. The van der Waals surface area contributed by atoms with Crippen molar-refractivity contribution in [2.45, 2.75) is 31.1 Å². The first-order valence-corrected chi connectivity index (χ1v) is 12.1. The van der Waals surface area contributed by atoms with Crippen molar-refractivity contribution in [1.82, 2.24) is 0 Å². The van der Waals surface area contributed by atoms with E-state index in [0.717, 1.165) is 30.5 Å². The first-order chi connectivity index (χ1) is 15.5. The summed E-state index contributed by atoms with van der Waals surface area (Å²) >= 11 is 0. The van der Waals surface area contributed by atoms with Crippen molar-refractivity contribution >= 4 is 27.3 Å². The van der Waals surface area contributed by atoms with Crippen LogP contribution in [0.25, 0.3) is 0 Å². The molecule has 32 heavy (non-hydrogen) atoms. The topological polar surface area (TPSA) is 75.7 Å².